The minimum absolute atomic E-state index is 0.0237. The Morgan fingerprint density at radius 1 is 1.42 bits per heavy atom. The summed E-state index contributed by atoms with van der Waals surface area (Å²) in [4.78, 5) is 13.1. The smallest absolute Gasteiger partial charge is 0.255 e. The molecule has 1 aromatic rings. The Kier molecular flexibility index (Phi) is 1.77. The number of nitrogens with zero attached hydrogens (tertiary/aromatic N) is 1. The normalized spacial score (nSPS) is 20.8. The van der Waals surface area contributed by atoms with E-state index in [4.69, 9.17) is 11.6 Å². The van der Waals surface area contributed by atoms with Crippen LogP contribution in [0.3, 0.4) is 0 Å². The molecule has 2 rings (SSSR count). The average molecular weight is 182 g/mol. The summed E-state index contributed by atoms with van der Waals surface area (Å²) < 4.78 is 0. The summed E-state index contributed by atoms with van der Waals surface area (Å²) in [6.07, 6.45) is 0. The molecule has 1 aromatic carbocycles. The van der Waals surface area contributed by atoms with Gasteiger partial charge in [0.15, 0.2) is 0 Å². The van der Waals surface area contributed by atoms with Crippen LogP contribution >= 0.6 is 11.6 Å². The summed E-state index contributed by atoms with van der Waals surface area (Å²) in [5, 5.41) is 0. The molecule has 1 atom stereocenters. The van der Waals surface area contributed by atoms with E-state index < -0.39 is 0 Å². The summed E-state index contributed by atoms with van der Waals surface area (Å²) >= 11 is 5.70. The van der Waals surface area contributed by atoms with Crippen molar-refractivity contribution in [3.8, 4) is 0 Å². The Balaban J connectivity index is 2.16. The molecule has 0 saturated carbocycles. The second-order valence-corrected chi connectivity index (χ2v) is 3.26. The van der Waals surface area contributed by atoms with E-state index in [2.05, 4.69) is 0 Å². The highest BCUT2D eigenvalue weighted by molar-refractivity contribution is 6.24. The molecule has 0 N–H and O–H groups in total. The Morgan fingerprint density at radius 2 is 2.00 bits per heavy atom. The predicted octanol–water partition coefficient (Wildman–Crippen LogP) is 1.71. The van der Waals surface area contributed by atoms with E-state index in [1.54, 1.807) is 17.0 Å². The molecule has 3 heteroatoms. The lowest BCUT2D eigenvalue weighted by molar-refractivity contribution is 0.0882. The molecule has 0 spiro atoms. The van der Waals surface area contributed by atoms with Crippen molar-refractivity contribution in [1.82, 2.24) is 4.90 Å². The van der Waals surface area contributed by atoms with Crippen molar-refractivity contribution in [3.63, 3.8) is 0 Å². The summed E-state index contributed by atoms with van der Waals surface area (Å²) in [5.74, 6) is 0.0237. The van der Waals surface area contributed by atoms with Gasteiger partial charge in [-0.15, -0.1) is 0 Å². The van der Waals surface area contributed by atoms with E-state index in [-0.39, 0.29) is 11.4 Å². The summed E-state index contributed by atoms with van der Waals surface area (Å²) in [6, 6.07) is 9.17. The second kappa shape index (κ2) is 2.79. The molecule has 1 aliphatic rings. The highest BCUT2D eigenvalue weighted by Gasteiger charge is 2.36. The number of hydrogen-bond donors (Lipinski definition) is 0. The summed E-state index contributed by atoms with van der Waals surface area (Å²) in [6.45, 7) is 0.676. The first-order chi connectivity index (χ1) is 5.79. The van der Waals surface area contributed by atoms with Crippen molar-refractivity contribution in [2.75, 3.05) is 6.54 Å². The van der Waals surface area contributed by atoms with Crippen LogP contribution < -0.4 is 0 Å². The zero-order chi connectivity index (χ0) is 8.55. The standard InChI is InChI=1S/C9H8ClNO/c10-8-6-11(8)9(12)7-4-2-1-3-5-7/h1-5,8H,6H2. The number of amides is 1. The lowest BCUT2D eigenvalue weighted by Gasteiger charge is -2.00. The molecule has 1 fully saturated rings. The Bertz CT molecular complexity index is 299. The van der Waals surface area contributed by atoms with Crippen LogP contribution in [0.4, 0.5) is 0 Å². The fourth-order valence-corrected chi connectivity index (χ4v) is 1.31. The monoisotopic (exact) mass is 181 g/mol. The van der Waals surface area contributed by atoms with Crippen LogP contribution in [0.25, 0.3) is 0 Å². The third kappa shape index (κ3) is 1.30. The van der Waals surface area contributed by atoms with Gasteiger partial charge in [0.1, 0.15) is 5.50 Å². The molecule has 0 bridgehead atoms. The fraction of sp³-hybridized carbons (Fsp3) is 0.222. The molecule has 62 valence electrons. The van der Waals surface area contributed by atoms with Gasteiger partial charge >= 0.3 is 0 Å². The molecule has 1 aliphatic heterocycles. The van der Waals surface area contributed by atoms with Crippen molar-refractivity contribution < 1.29 is 4.79 Å². The maximum absolute atomic E-state index is 11.5. The number of hydrogen-bond acceptors (Lipinski definition) is 1. The minimum Gasteiger partial charge on any atom is -0.317 e. The molecule has 12 heavy (non-hydrogen) atoms. The van der Waals surface area contributed by atoms with Gasteiger partial charge in [-0.25, -0.2) is 0 Å². The van der Waals surface area contributed by atoms with Gasteiger partial charge in [-0.2, -0.15) is 0 Å². The lowest BCUT2D eigenvalue weighted by atomic mass is 10.2. The molecular formula is C9H8ClNO. The van der Waals surface area contributed by atoms with E-state index in [0.717, 1.165) is 0 Å². The predicted molar refractivity (Wildman–Crippen MR) is 47.1 cm³/mol. The molecule has 1 unspecified atom stereocenters. The molecule has 1 heterocycles. The molecule has 1 amide bonds. The average Bonchev–Trinajstić information content (AvgIpc) is 2.83. The van der Waals surface area contributed by atoms with Gasteiger partial charge < -0.3 is 4.90 Å². The van der Waals surface area contributed by atoms with E-state index in [1.165, 1.54) is 0 Å². The Labute approximate surface area is 75.7 Å². The quantitative estimate of drug-likeness (QED) is 0.367. The van der Waals surface area contributed by atoms with Crippen LogP contribution in [-0.2, 0) is 0 Å². The minimum atomic E-state index is -0.0855. The second-order valence-electron chi connectivity index (χ2n) is 2.76. The first kappa shape index (κ1) is 7.62. The van der Waals surface area contributed by atoms with Crippen molar-refractivity contribution in [3.05, 3.63) is 35.9 Å². The van der Waals surface area contributed by atoms with Crippen LogP contribution in [0.15, 0.2) is 30.3 Å². The zero-order valence-electron chi connectivity index (χ0n) is 6.40. The van der Waals surface area contributed by atoms with Gasteiger partial charge in [-0.3, -0.25) is 4.79 Å². The number of rotatable bonds is 1. The van der Waals surface area contributed by atoms with Gasteiger partial charge in [0, 0.05) is 5.56 Å². The topological polar surface area (TPSA) is 20.1 Å². The zero-order valence-corrected chi connectivity index (χ0v) is 7.16. The fourth-order valence-electron chi connectivity index (χ4n) is 1.07. The molecule has 2 nitrogen and oxygen atoms in total. The van der Waals surface area contributed by atoms with Gasteiger partial charge in [-0.1, -0.05) is 29.8 Å². The van der Waals surface area contributed by atoms with Gasteiger partial charge in [0.05, 0.1) is 6.54 Å². The molecule has 0 aliphatic carbocycles. The number of alkyl halides is 1. The van der Waals surface area contributed by atoms with E-state index in [9.17, 15) is 4.79 Å². The number of benzene rings is 1. The largest absolute Gasteiger partial charge is 0.317 e. The molecule has 0 radical (unpaired) electrons. The third-order valence-corrected chi connectivity index (χ3v) is 2.21. The molecule has 1 saturated heterocycles. The highest BCUT2D eigenvalue weighted by atomic mass is 35.5. The van der Waals surface area contributed by atoms with E-state index in [1.807, 2.05) is 18.2 Å². The highest BCUT2D eigenvalue weighted by Crippen LogP contribution is 2.23. The van der Waals surface area contributed by atoms with Crippen molar-refractivity contribution in [2.24, 2.45) is 0 Å². The molecular weight excluding hydrogens is 174 g/mol. The van der Waals surface area contributed by atoms with Crippen LogP contribution in [0.2, 0.25) is 0 Å². The number of carbonyl (C=O) groups excluding carboxylic acids is 1. The first-order valence-electron chi connectivity index (χ1n) is 3.79. The van der Waals surface area contributed by atoms with E-state index >= 15 is 0 Å². The van der Waals surface area contributed by atoms with E-state index in [0.29, 0.717) is 12.1 Å². The maximum Gasteiger partial charge on any atom is 0.255 e. The van der Waals surface area contributed by atoms with Crippen molar-refractivity contribution in [2.45, 2.75) is 5.50 Å². The lowest BCUT2D eigenvalue weighted by Crippen LogP contribution is -2.11. The number of carbonyl (C=O) groups is 1. The summed E-state index contributed by atoms with van der Waals surface area (Å²) in [5.41, 5.74) is 0.623. The van der Waals surface area contributed by atoms with Gasteiger partial charge in [0.25, 0.3) is 5.91 Å². The van der Waals surface area contributed by atoms with Crippen LogP contribution in [0, 0.1) is 0 Å². The Morgan fingerprint density at radius 3 is 2.50 bits per heavy atom. The first-order valence-corrected chi connectivity index (χ1v) is 4.23. The van der Waals surface area contributed by atoms with Gasteiger partial charge in [0.2, 0.25) is 0 Å². The maximum atomic E-state index is 11.5. The molecule has 0 aromatic heterocycles. The van der Waals surface area contributed by atoms with Crippen LogP contribution in [-0.4, -0.2) is 22.9 Å². The number of halogens is 1. The van der Waals surface area contributed by atoms with Crippen molar-refractivity contribution in [1.29, 1.82) is 0 Å². The third-order valence-electron chi connectivity index (χ3n) is 1.83. The van der Waals surface area contributed by atoms with Crippen LogP contribution in [0.1, 0.15) is 10.4 Å². The van der Waals surface area contributed by atoms with Gasteiger partial charge in [-0.05, 0) is 12.1 Å². The summed E-state index contributed by atoms with van der Waals surface area (Å²) in [7, 11) is 0. The SMILES string of the molecule is O=C(c1ccccc1)N1CC1Cl. The van der Waals surface area contributed by atoms with Crippen LogP contribution in [0.5, 0.6) is 0 Å². The Hall–Kier alpha value is -1.02. The van der Waals surface area contributed by atoms with Crippen molar-refractivity contribution >= 4 is 17.5 Å².